The molecule has 6 aromatic rings. The summed E-state index contributed by atoms with van der Waals surface area (Å²) in [7, 11) is 0. The molecule has 2 unspecified atom stereocenters. The van der Waals surface area contributed by atoms with E-state index in [9.17, 15) is 0 Å². The summed E-state index contributed by atoms with van der Waals surface area (Å²) >= 11 is 5.36. The van der Waals surface area contributed by atoms with E-state index in [1.165, 1.54) is 154 Å². The number of thiophene rings is 2. The fraction of sp³-hybridized carbons (Fsp3) is 0.619. The third-order valence-electron chi connectivity index (χ3n) is 10.9. The van der Waals surface area contributed by atoms with Crippen LogP contribution in [0.3, 0.4) is 0 Å². The topological polar surface area (TPSA) is 51.6 Å². The highest BCUT2D eigenvalue weighted by Crippen LogP contribution is 2.45. The van der Waals surface area contributed by atoms with E-state index in [0.717, 1.165) is 59.6 Å². The van der Waals surface area contributed by atoms with Gasteiger partial charge in [-0.25, -0.2) is 9.97 Å². The Labute approximate surface area is 306 Å². The van der Waals surface area contributed by atoms with Crippen LogP contribution in [-0.4, -0.2) is 18.7 Å². The second-order valence-electron chi connectivity index (χ2n) is 14.6. The summed E-state index contributed by atoms with van der Waals surface area (Å²) < 4.78 is 12.8. The van der Waals surface area contributed by atoms with E-state index in [4.69, 9.17) is 18.7 Å². The lowest BCUT2D eigenvalue weighted by Gasteiger charge is -2.12. The molecule has 49 heavy (non-hydrogen) atoms. The summed E-state index contributed by atoms with van der Waals surface area (Å²) in [5, 5.41) is 5.08. The molecular weight excluding hydrogens is 657 g/mol. The van der Waals surface area contributed by atoms with Gasteiger partial charge in [0.1, 0.15) is 22.1 Å². The van der Waals surface area contributed by atoms with Crippen molar-refractivity contribution in [3.63, 3.8) is 0 Å². The molecule has 0 aliphatic carbocycles. The van der Waals surface area contributed by atoms with Crippen LogP contribution in [0.2, 0.25) is 0 Å². The molecule has 2 atom stereocenters. The van der Waals surface area contributed by atoms with Gasteiger partial charge >= 0.3 is 0 Å². The van der Waals surface area contributed by atoms with Crippen molar-refractivity contribution >= 4 is 87.4 Å². The van der Waals surface area contributed by atoms with Crippen molar-refractivity contribution in [2.45, 2.75) is 157 Å². The van der Waals surface area contributed by atoms with E-state index in [-0.39, 0.29) is 0 Å². The van der Waals surface area contributed by atoms with Gasteiger partial charge in [0.25, 0.3) is 0 Å². The van der Waals surface area contributed by atoms with E-state index < -0.39 is 0 Å². The van der Waals surface area contributed by atoms with Crippen LogP contribution in [0, 0.1) is 11.8 Å². The number of aryl methyl sites for hydroxylation is 2. The molecule has 5 aromatic heterocycles. The highest BCUT2D eigenvalue weighted by Gasteiger charge is 2.25. The smallest absolute Gasteiger partial charge is 0.116 e. The Bertz CT molecular complexity index is 1840. The Kier molecular flexibility index (Phi) is 12.9. The van der Waals surface area contributed by atoms with Gasteiger partial charge in [-0.2, -0.15) is 8.75 Å². The summed E-state index contributed by atoms with van der Waals surface area (Å²) in [6.07, 6.45) is 21.9. The van der Waals surface area contributed by atoms with Crippen LogP contribution in [0.1, 0.15) is 153 Å². The molecular formula is C42H58N4S3. The molecule has 0 aliphatic rings. The Balaban J connectivity index is 1.61. The number of rotatable bonds is 20. The molecule has 0 aliphatic heterocycles. The summed E-state index contributed by atoms with van der Waals surface area (Å²) in [6.45, 7) is 14.0. The molecule has 4 nitrogen and oxygen atoms in total. The van der Waals surface area contributed by atoms with Crippen molar-refractivity contribution in [2.24, 2.45) is 11.8 Å². The Morgan fingerprint density at radius 3 is 1.35 bits per heavy atom. The van der Waals surface area contributed by atoms with Crippen LogP contribution in [0.25, 0.3) is 53.0 Å². The first kappa shape index (κ1) is 36.6. The fourth-order valence-corrected chi connectivity index (χ4v) is 11.1. The van der Waals surface area contributed by atoms with E-state index in [0.29, 0.717) is 0 Å². The Morgan fingerprint density at radius 2 is 0.959 bits per heavy atom. The van der Waals surface area contributed by atoms with Crippen molar-refractivity contribution in [3.8, 4) is 0 Å². The number of unbranched alkanes of at least 4 members (excludes halogenated alkanes) is 6. The maximum atomic E-state index is 5.63. The lowest BCUT2D eigenvalue weighted by molar-refractivity contribution is 0.452. The van der Waals surface area contributed by atoms with Gasteiger partial charge < -0.3 is 0 Å². The van der Waals surface area contributed by atoms with Crippen LogP contribution < -0.4 is 0 Å². The van der Waals surface area contributed by atoms with Crippen molar-refractivity contribution in [1.29, 1.82) is 0 Å². The van der Waals surface area contributed by atoms with Crippen molar-refractivity contribution in [2.75, 3.05) is 0 Å². The van der Waals surface area contributed by atoms with E-state index in [2.05, 4.69) is 53.7 Å². The second-order valence-corrected chi connectivity index (χ2v) is 17.4. The number of pyridine rings is 2. The first-order valence-electron chi connectivity index (χ1n) is 19.8. The predicted molar refractivity (Wildman–Crippen MR) is 219 cm³/mol. The minimum Gasteiger partial charge on any atom is -0.250 e. The Morgan fingerprint density at radius 1 is 0.531 bits per heavy atom. The van der Waals surface area contributed by atoms with Gasteiger partial charge in [-0.05, 0) is 62.5 Å². The van der Waals surface area contributed by atoms with Crippen LogP contribution in [-0.2, 0) is 25.7 Å². The number of aromatic nitrogens is 4. The maximum absolute atomic E-state index is 5.63. The van der Waals surface area contributed by atoms with Crippen molar-refractivity contribution < 1.29 is 0 Å². The zero-order chi connectivity index (χ0) is 34.3. The number of hydrogen-bond donors (Lipinski definition) is 0. The van der Waals surface area contributed by atoms with Gasteiger partial charge in [-0.1, -0.05) is 119 Å². The number of fused-ring (bicyclic) bond motifs is 10. The second kappa shape index (κ2) is 17.3. The van der Waals surface area contributed by atoms with Crippen LogP contribution >= 0.6 is 34.4 Å². The number of nitrogens with zero attached hydrogens (tertiary/aromatic N) is 4. The minimum absolute atomic E-state index is 0.737. The minimum atomic E-state index is 0.737. The highest BCUT2D eigenvalue weighted by atomic mass is 32.1. The van der Waals surface area contributed by atoms with Gasteiger partial charge in [0, 0.05) is 52.1 Å². The van der Waals surface area contributed by atoms with E-state index in [1.807, 2.05) is 22.7 Å². The molecule has 0 saturated heterocycles. The van der Waals surface area contributed by atoms with Gasteiger partial charge in [0.05, 0.1) is 11.7 Å². The highest BCUT2D eigenvalue weighted by molar-refractivity contribution is 7.21. The zero-order valence-corrected chi connectivity index (χ0v) is 33.5. The lowest BCUT2D eigenvalue weighted by Crippen LogP contribution is -2.01. The Hall–Kier alpha value is -2.22. The molecule has 264 valence electrons. The maximum Gasteiger partial charge on any atom is 0.116 e. The quantitative estimate of drug-likeness (QED) is 0.0583. The van der Waals surface area contributed by atoms with Gasteiger partial charge in [0.15, 0.2) is 0 Å². The molecule has 0 amide bonds. The predicted octanol–water partition coefficient (Wildman–Crippen LogP) is 14.2. The monoisotopic (exact) mass is 714 g/mol. The third kappa shape index (κ3) is 7.84. The molecule has 6 rings (SSSR count). The van der Waals surface area contributed by atoms with Crippen molar-refractivity contribution in [1.82, 2.24) is 18.7 Å². The largest absolute Gasteiger partial charge is 0.250 e. The van der Waals surface area contributed by atoms with Gasteiger partial charge in [-0.15, -0.1) is 22.7 Å². The van der Waals surface area contributed by atoms with E-state index in [1.54, 1.807) is 0 Å². The number of hydrogen-bond acceptors (Lipinski definition) is 7. The van der Waals surface area contributed by atoms with Crippen LogP contribution in [0.15, 0.2) is 12.1 Å². The van der Waals surface area contributed by atoms with E-state index >= 15 is 0 Å². The van der Waals surface area contributed by atoms with Crippen molar-refractivity contribution in [3.05, 3.63) is 33.3 Å². The molecule has 1 aromatic carbocycles. The molecule has 0 fully saturated rings. The SMILES string of the molecule is CCCCCc1nc2c3nc(CCCCC)c4cc(CC(CC)CCCC)sc4c3c3nsnc3c2c2sc(CC(CC)CCCC)cc12. The standard InChI is InChI=1S/C42H58N4S3/c1-7-13-17-21-33-31-25-29(23-27(11-5)19-15-9-3)47-41(31)35-37(43-33)38-36(40-39(35)45-49-46-40)42-32(34(44-38)22-18-14-8-2)26-30(48-42)24-28(12-6)20-16-10-4/h25-28H,7-24H2,1-6H3. The first-order valence-corrected chi connectivity index (χ1v) is 22.1. The molecule has 0 saturated carbocycles. The summed E-state index contributed by atoms with van der Waals surface area (Å²) in [6, 6.07) is 5.00. The first-order chi connectivity index (χ1) is 24.0. The molecule has 0 radical (unpaired) electrons. The van der Waals surface area contributed by atoms with Gasteiger partial charge in [0.2, 0.25) is 0 Å². The molecule has 0 bridgehead atoms. The summed E-state index contributed by atoms with van der Waals surface area (Å²) in [5.74, 6) is 1.47. The molecule has 0 spiro atoms. The van der Waals surface area contributed by atoms with Crippen LogP contribution in [0.4, 0.5) is 0 Å². The molecule has 5 heterocycles. The summed E-state index contributed by atoms with van der Waals surface area (Å²) in [5.41, 5.74) is 6.69. The fourth-order valence-electron chi connectivity index (χ4n) is 7.82. The van der Waals surface area contributed by atoms with Crippen LogP contribution in [0.5, 0.6) is 0 Å². The number of benzene rings is 1. The average Bonchev–Trinajstić information content (AvgIpc) is 3.87. The average molecular weight is 715 g/mol. The normalized spacial score (nSPS) is 13.6. The molecule has 0 N–H and O–H groups in total. The molecule has 7 heteroatoms. The zero-order valence-electron chi connectivity index (χ0n) is 31.1. The lowest BCUT2D eigenvalue weighted by atomic mass is 9.94. The summed E-state index contributed by atoms with van der Waals surface area (Å²) in [4.78, 5) is 14.3. The van der Waals surface area contributed by atoms with Gasteiger partial charge in [-0.3, -0.25) is 0 Å². The third-order valence-corrected chi connectivity index (χ3v) is 13.8.